The highest BCUT2D eigenvalue weighted by molar-refractivity contribution is 6.30. The SMILES string of the molecule is C#CCNc1cccc(Cl)c1. The molecule has 1 rings (SSSR count). The van der Waals surface area contributed by atoms with Gasteiger partial charge in [0.2, 0.25) is 0 Å². The van der Waals surface area contributed by atoms with E-state index >= 15 is 0 Å². The third-order valence-electron chi connectivity index (χ3n) is 1.22. The van der Waals surface area contributed by atoms with Crippen LogP contribution in [0.1, 0.15) is 0 Å². The zero-order chi connectivity index (χ0) is 8.10. The molecular weight excluding hydrogens is 158 g/mol. The number of benzene rings is 1. The number of hydrogen-bond donors (Lipinski definition) is 1. The van der Waals surface area contributed by atoms with Gasteiger partial charge in [0.05, 0.1) is 6.54 Å². The molecule has 1 aromatic carbocycles. The molecule has 0 atom stereocenters. The largest absolute Gasteiger partial charge is 0.374 e. The van der Waals surface area contributed by atoms with Gasteiger partial charge in [-0.3, -0.25) is 0 Å². The molecule has 0 radical (unpaired) electrons. The highest BCUT2D eigenvalue weighted by atomic mass is 35.5. The van der Waals surface area contributed by atoms with Crippen LogP contribution in [0.5, 0.6) is 0 Å². The van der Waals surface area contributed by atoms with Gasteiger partial charge >= 0.3 is 0 Å². The minimum Gasteiger partial charge on any atom is -0.374 e. The Morgan fingerprint density at radius 3 is 3.00 bits per heavy atom. The molecule has 0 saturated heterocycles. The van der Waals surface area contributed by atoms with Gasteiger partial charge in [0.15, 0.2) is 0 Å². The van der Waals surface area contributed by atoms with Crippen molar-refractivity contribution in [3.63, 3.8) is 0 Å². The summed E-state index contributed by atoms with van der Waals surface area (Å²) < 4.78 is 0. The maximum atomic E-state index is 5.73. The van der Waals surface area contributed by atoms with Crippen molar-refractivity contribution in [3.8, 4) is 12.3 Å². The summed E-state index contributed by atoms with van der Waals surface area (Å²) in [7, 11) is 0. The number of anilines is 1. The van der Waals surface area contributed by atoms with Gasteiger partial charge in [0.25, 0.3) is 0 Å². The van der Waals surface area contributed by atoms with Gasteiger partial charge in [0.1, 0.15) is 0 Å². The van der Waals surface area contributed by atoms with Crippen LogP contribution in [-0.4, -0.2) is 6.54 Å². The molecule has 1 N–H and O–H groups in total. The monoisotopic (exact) mass is 165 g/mol. The predicted molar refractivity (Wildman–Crippen MR) is 48.8 cm³/mol. The Morgan fingerprint density at radius 1 is 1.55 bits per heavy atom. The van der Waals surface area contributed by atoms with Gasteiger partial charge < -0.3 is 5.32 Å². The highest BCUT2D eigenvalue weighted by Crippen LogP contribution is 2.13. The van der Waals surface area contributed by atoms with Crippen LogP contribution in [0.2, 0.25) is 5.02 Å². The molecule has 0 spiro atoms. The van der Waals surface area contributed by atoms with Crippen molar-refractivity contribution in [2.45, 2.75) is 0 Å². The second-order valence-electron chi connectivity index (χ2n) is 2.07. The maximum absolute atomic E-state index is 5.73. The zero-order valence-electron chi connectivity index (χ0n) is 5.97. The summed E-state index contributed by atoms with van der Waals surface area (Å²) in [6, 6.07) is 7.45. The van der Waals surface area contributed by atoms with Crippen LogP contribution in [0, 0.1) is 12.3 Å². The molecule has 0 aliphatic rings. The lowest BCUT2D eigenvalue weighted by atomic mass is 10.3. The molecule has 2 heteroatoms. The molecule has 0 unspecified atom stereocenters. The molecule has 0 fully saturated rings. The van der Waals surface area contributed by atoms with Crippen LogP contribution in [-0.2, 0) is 0 Å². The van der Waals surface area contributed by atoms with Gasteiger partial charge in [0, 0.05) is 10.7 Å². The second kappa shape index (κ2) is 3.90. The van der Waals surface area contributed by atoms with E-state index in [1.54, 1.807) is 0 Å². The predicted octanol–water partition coefficient (Wildman–Crippen LogP) is 2.39. The summed E-state index contributed by atoms with van der Waals surface area (Å²) in [5.41, 5.74) is 0.954. The average Bonchev–Trinajstić information content (AvgIpc) is 2.01. The van der Waals surface area contributed by atoms with Crippen LogP contribution >= 0.6 is 11.6 Å². The molecule has 1 aromatic rings. The van der Waals surface area contributed by atoms with Crippen molar-refractivity contribution in [2.24, 2.45) is 0 Å². The molecule has 11 heavy (non-hydrogen) atoms. The van der Waals surface area contributed by atoms with Gasteiger partial charge in [-0.2, -0.15) is 0 Å². The molecule has 0 saturated carbocycles. The van der Waals surface area contributed by atoms with Gasteiger partial charge in [-0.15, -0.1) is 6.42 Å². The lowest BCUT2D eigenvalue weighted by Crippen LogP contribution is -1.97. The quantitative estimate of drug-likeness (QED) is 0.664. The standard InChI is InChI=1S/C9H8ClN/c1-2-6-11-9-5-3-4-8(10)7-9/h1,3-5,7,11H,6H2. The molecule has 0 heterocycles. The molecule has 0 aliphatic carbocycles. The molecule has 0 amide bonds. The fourth-order valence-corrected chi connectivity index (χ4v) is 0.942. The third-order valence-corrected chi connectivity index (χ3v) is 1.45. The van der Waals surface area contributed by atoms with Crippen molar-refractivity contribution in [3.05, 3.63) is 29.3 Å². The minimum absolute atomic E-state index is 0.528. The van der Waals surface area contributed by atoms with E-state index in [0.29, 0.717) is 11.6 Å². The number of halogens is 1. The van der Waals surface area contributed by atoms with Gasteiger partial charge in [-0.05, 0) is 18.2 Å². The Morgan fingerprint density at radius 2 is 2.36 bits per heavy atom. The molecule has 0 bridgehead atoms. The lowest BCUT2D eigenvalue weighted by Gasteiger charge is -2.00. The number of hydrogen-bond acceptors (Lipinski definition) is 1. The molecular formula is C9H8ClN. The first-order valence-corrected chi connectivity index (χ1v) is 3.63. The van der Waals surface area contributed by atoms with Crippen LogP contribution in [0.4, 0.5) is 5.69 Å². The molecule has 1 nitrogen and oxygen atoms in total. The molecule has 56 valence electrons. The fourth-order valence-electron chi connectivity index (χ4n) is 0.752. The zero-order valence-corrected chi connectivity index (χ0v) is 6.73. The lowest BCUT2D eigenvalue weighted by molar-refractivity contribution is 1.38. The summed E-state index contributed by atoms with van der Waals surface area (Å²) >= 11 is 5.73. The smallest absolute Gasteiger partial charge is 0.0763 e. The summed E-state index contributed by atoms with van der Waals surface area (Å²) in [6.07, 6.45) is 5.07. The molecule has 0 aliphatic heterocycles. The number of nitrogens with one attached hydrogen (secondary N) is 1. The summed E-state index contributed by atoms with van der Waals surface area (Å²) in [5.74, 6) is 2.48. The Hall–Kier alpha value is -1.13. The van der Waals surface area contributed by atoms with E-state index in [-0.39, 0.29) is 0 Å². The van der Waals surface area contributed by atoms with Crippen LogP contribution < -0.4 is 5.32 Å². The first kappa shape index (κ1) is 7.97. The number of terminal acetylenes is 1. The van der Waals surface area contributed by atoms with E-state index < -0.39 is 0 Å². The van der Waals surface area contributed by atoms with E-state index in [4.69, 9.17) is 18.0 Å². The normalized spacial score (nSPS) is 8.73. The minimum atomic E-state index is 0.528. The van der Waals surface area contributed by atoms with E-state index in [9.17, 15) is 0 Å². The van der Waals surface area contributed by atoms with E-state index in [2.05, 4.69) is 11.2 Å². The Labute approximate surface area is 71.4 Å². The first-order valence-electron chi connectivity index (χ1n) is 3.26. The van der Waals surface area contributed by atoms with Crippen LogP contribution in [0.3, 0.4) is 0 Å². The Bertz CT molecular complexity index is 275. The van der Waals surface area contributed by atoms with E-state index in [1.807, 2.05) is 24.3 Å². The van der Waals surface area contributed by atoms with Crippen molar-refractivity contribution in [1.82, 2.24) is 0 Å². The topological polar surface area (TPSA) is 12.0 Å². The number of rotatable bonds is 2. The summed E-state index contributed by atoms with van der Waals surface area (Å²) in [4.78, 5) is 0. The van der Waals surface area contributed by atoms with Crippen molar-refractivity contribution in [1.29, 1.82) is 0 Å². The summed E-state index contributed by atoms with van der Waals surface area (Å²) in [5, 5.41) is 3.73. The molecule has 0 aromatic heterocycles. The highest BCUT2D eigenvalue weighted by Gasteiger charge is 1.89. The summed E-state index contributed by atoms with van der Waals surface area (Å²) in [6.45, 7) is 0.528. The van der Waals surface area contributed by atoms with E-state index in [0.717, 1.165) is 5.69 Å². The Balaban J connectivity index is 2.65. The van der Waals surface area contributed by atoms with Crippen LogP contribution in [0.15, 0.2) is 24.3 Å². The third kappa shape index (κ3) is 2.53. The maximum Gasteiger partial charge on any atom is 0.0763 e. The van der Waals surface area contributed by atoms with Crippen molar-refractivity contribution < 1.29 is 0 Å². The van der Waals surface area contributed by atoms with Crippen molar-refractivity contribution in [2.75, 3.05) is 11.9 Å². The first-order chi connectivity index (χ1) is 5.33. The van der Waals surface area contributed by atoms with Gasteiger partial charge in [-0.1, -0.05) is 23.6 Å². The average molecular weight is 166 g/mol. The second-order valence-corrected chi connectivity index (χ2v) is 2.50. The van der Waals surface area contributed by atoms with E-state index in [1.165, 1.54) is 0 Å². The van der Waals surface area contributed by atoms with Crippen molar-refractivity contribution >= 4 is 17.3 Å². The fraction of sp³-hybridized carbons (Fsp3) is 0.111. The van der Waals surface area contributed by atoms with Gasteiger partial charge in [-0.25, -0.2) is 0 Å². The van der Waals surface area contributed by atoms with Crippen LogP contribution in [0.25, 0.3) is 0 Å². The Kier molecular flexibility index (Phi) is 2.83.